The van der Waals surface area contributed by atoms with Crippen LogP contribution in [0.4, 0.5) is 4.79 Å². The van der Waals surface area contributed by atoms with Crippen molar-refractivity contribution in [3.8, 4) is 28.5 Å². The normalized spacial score (nSPS) is 18.6. The van der Waals surface area contributed by atoms with Gasteiger partial charge in [-0.05, 0) is 69.9 Å². The number of nitrogens with zero attached hydrogens (tertiary/aromatic N) is 2. The Labute approximate surface area is 314 Å². The molecule has 0 radical (unpaired) electrons. The highest BCUT2D eigenvalue weighted by Crippen LogP contribution is 2.32. The molecular formula is C41H48N4O9. The minimum absolute atomic E-state index is 0.0104. The molecule has 0 fully saturated rings. The molecule has 286 valence electrons. The second kappa shape index (κ2) is 17.8. The second-order valence-corrected chi connectivity index (χ2v) is 14.2. The van der Waals surface area contributed by atoms with Crippen molar-refractivity contribution >= 4 is 34.8 Å². The molecule has 2 heterocycles. The van der Waals surface area contributed by atoms with E-state index in [9.17, 15) is 24.3 Å². The third-order valence-electron chi connectivity index (χ3n) is 8.91. The van der Waals surface area contributed by atoms with E-state index in [4.69, 9.17) is 23.9 Å². The van der Waals surface area contributed by atoms with E-state index in [0.717, 1.165) is 5.56 Å². The number of aromatic nitrogens is 1. The maximum Gasteiger partial charge on any atom is 0.408 e. The molecule has 3 atom stereocenters. The maximum absolute atomic E-state index is 14.3. The molecule has 0 spiro atoms. The van der Waals surface area contributed by atoms with Crippen LogP contribution < -0.4 is 24.8 Å². The van der Waals surface area contributed by atoms with Crippen LogP contribution in [-0.4, -0.2) is 90.0 Å². The Bertz CT molecular complexity index is 1950. The van der Waals surface area contributed by atoms with Crippen molar-refractivity contribution in [2.75, 3.05) is 27.4 Å². The fraction of sp³-hybridized carbons (Fsp3) is 0.390. The topological polar surface area (TPSA) is 166 Å². The van der Waals surface area contributed by atoms with Crippen molar-refractivity contribution in [1.29, 1.82) is 0 Å². The average Bonchev–Trinajstić information content (AvgIpc) is 3.14. The predicted molar refractivity (Wildman–Crippen MR) is 203 cm³/mol. The summed E-state index contributed by atoms with van der Waals surface area (Å²) in [6.45, 7) is 5.44. The van der Waals surface area contributed by atoms with Gasteiger partial charge in [0.25, 0.3) is 0 Å². The molecule has 5 rings (SSSR count). The number of carbonyl (C=O) groups is 4. The summed E-state index contributed by atoms with van der Waals surface area (Å²) in [6.07, 6.45) is 0.440. The Balaban J connectivity index is 1.47. The number of rotatable bonds is 8. The molecule has 0 aliphatic carbocycles. The first-order chi connectivity index (χ1) is 25.8. The largest absolute Gasteiger partial charge is 0.497 e. The van der Waals surface area contributed by atoms with Gasteiger partial charge in [-0.2, -0.15) is 0 Å². The Morgan fingerprint density at radius 1 is 1.02 bits per heavy atom. The number of fused-ring (bicyclic) bond motifs is 3. The number of alkyl carbamates (subject to hydrolysis) is 1. The van der Waals surface area contributed by atoms with Gasteiger partial charge >= 0.3 is 12.1 Å². The first kappa shape index (κ1) is 39.4. The lowest BCUT2D eigenvalue weighted by atomic mass is 10.0. The number of pyridine rings is 1. The number of likely N-dealkylation sites (N-methyl/N-ethyl adjacent to an activating group) is 1. The number of benzene rings is 3. The molecule has 0 saturated carbocycles. The number of methoxy groups -OCH3 is 1. The van der Waals surface area contributed by atoms with E-state index in [0.29, 0.717) is 58.9 Å². The van der Waals surface area contributed by atoms with Gasteiger partial charge in [0.1, 0.15) is 41.0 Å². The van der Waals surface area contributed by atoms with E-state index in [1.165, 1.54) is 11.9 Å². The Hall–Kier alpha value is -5.85. The molecule has 3 N–H and O–H groups in total. The summed E-state index contributed by atoms with van der Waals surface area (Å²) >= 11 is 0. The minimum atomic E-state index is -1.20. The summed E-state index contributed by atoms with van der Waals surface area (Å²) in [5.74, 6) is -0.753. The van der Waals surface area contributed by atoms with Crippen LogP contribution in [0, 0.1) is 0 Å². The second-order valence-electron chi connectivity index (χ2n) is 14.2. The van der Waals surface area contributed by atoms with Crippen molar-refractivity contribution in [3.63, 3.8) is 0 Å². The van der Waals surface area contributed by atoms with E-state index in [1.54, 1.807) is 52.1 Å². The number of carboxylic acids is 1. The van der Waals surface area contributed by atoms with Gasteiger partial charge in [-0.3, -0.25) is 9.59 Å². The molecule has 3 aromatic carbocycles. The molecule has 54 heavy (non-hydrogen) atoms. The molecular weight excluding hydrogens is 692 g/mol. The van der Waals surface area contributed by atoms with E-state index in [2.05, 4.69) is 10.6 Å². The number of carboxylic acid groups (broad SMARTS) is 1. The molecule has 4 aromatic rings. The molecule has 1 aliphatic rings. The van der Waals surface area contributed by atoms with Crippen LogP contribution in [0.5, 0.6) is 17.2 Å². The van der Waals surface area contributed by atoms with Crippen molar-refractivity contribution in [2.24, 2.45) is 0 Å². The Kier molecular flexibility index (Phi) is 13.0. The summed E-state index contributed by atoms with van der Waals surface area (Å²) < 4.78 is 23.2. The number of ether oxygens (including phenoxy) is 4. The van der Waals surface area contributed by atoms with Crippen LogP contribution in [0.2, 0.25) is 0 Å². The predicted octanol–water partition coefficient (Wildman–Crippen LogP) is 5.77. The van der Waals surface area contributed by atoms with Crippen LogP contribution in [0.3, 0.4) is 0 Å². The summed E-state index contributed by atoms with van der Waals surface area (Å²) in [5.41, 5.74) is 2.05. The van der Waals surface area contributed by atoms with E-state index < -0.39 is 47.6 Å². The highest BCUT2D eigenvalue weighted by atomic mass is 16.6. The van der Waals surface area contributed by atoms with Crippen LogP contribution in [0.15, 0.2) is 78.9 Å². The van der Waals surface area contributed by atoms with Gasteiger partial charge in [0.05, 0.1) is 31.5 Å². The van der Waals surface area contributed by atoms with Gasteiger partial charge in [-0.15, -0.1) is 0 Å². The molecule has 1 aliphatic heterocycles. The fourth-order valence-corrected chi connectivity index (χ4v) is 6.17. The van der Waals surface area contributed by atoms with Gasteiger partial charge in [0.15, 0.2) is 0 Å². The highest BCUT2D eigenvalue weighted by molar-refractivity contribution is 5.93. The fourth-order valence-electron chi connectivity index (χ4n) is 6.17. The first-order valence-electron chi connectivity index (χ1n) is 18.0. The monoisotopic (exact) mass is 740 g/mol. The van der Waals surface area contributed by atoms with Crippen molar-refractivity contribution in [1.82, 2.24) is 20.5 Å². The lowest BCUT2D eigenvalue weighted by Crippen LogP contribution is -2.57. The number of amides is 3. The standard InChI is InChI=1S/C41H48N4O9/c1-41(2,3)54-40(50)44-34-23-26-12-11-15-29(22-26)52-20-10-9-16-31(39(48)49)43-37(46)35(45(4)38(34)47)19-21-53-36-25-32(27-13-7-6-8-14-27)42-33-24-28(51-5)17-18-30(33)36/h6-8,11-15,17-18,22,24-25,31,34-35H,9-10,16,19-21,23H2,1-5H3,(H,43,46)(H,44,50)(H,48,49)/t31-,34-,35-/m1/s1. The molecule has 2 bridgehead atoms. The van der Waals surface area contributed by atoms with Gasteiger partial charge in [0, 0.05) is 43.0 Å². The number of aliphatic carboxylic acids is 1. The third kappa shape index (κ3) is 10.6. The zero-order valence-corrected chi connectivity index (χ0v) is 31.3. The van der Waals surface area contributed by atoms with E-state index in [1.807, 2.05) is 54.6 Å². The van der Waals surface area contributed by atoms with Crippen molar-refractivity contribution < 1.29 is 43.2 Å². The summed E-state index contributed by atoms with van der Waals surface area (Å²) in [7, 11) is 3.03. The highest BCUT2D eigenvalue weighted by Gasteiger charge is 2.35. The molecule has 13 nitrogen and oxygen atoms in total. The molecule has 3 amide bonds. The van der Waals surface area contributed by atoms with Crippen molar-refractivity contribution in [3.05, 3.63) is 84.4 Å². The third-order valence-corrected chi connectivity index (χ3v) is 8.91. The number of carbonyl (C=O) groups excluding carboxylic acids is 3. The van der Waals surface area contributed by atoms with Crippen LogP contribution >= 0.6 is 0 Å². The molecule has 13 heteroatoms. The zero-order chi connectivity index (χ0) is 38.8. The van der Waals surface area contributed by atoms with Crippen molar-refractivity contribution in [2.45, 2.75) is 76.6 Å². The Morgan fingerprint density at radius 3 is 2.52 bits per heavy atom. The quantitative estimate of drug-likeness (QED) is 0.202. The average molecular weight is 741 g/mol. The van der Waals surface area contributed by atoms with Gasteiger partial charge in [0.2, 0.25) is 11.8 Å². The van der Waals surface area contributed by atoms with Crippen LogP contribution in [0.1, 0.15) is 52.0 Å². The lowest BCUT2D eigenvalue weighted by Gasteiger charge is -2.32. The van der Waals surface area contributed by atoms with Crippen LogP contribution in [-0.2, 0) is 25.5 Å². The summed E-state index contributed by atoms with van der Waals surface area (Å²) in [5, 5.41) is 16.1. The summed E-state index contributed by atoms with van der Waals surface area (Å²) in [6, 6.07) is 20.5. The summed E-state index contributed by atoms with van der Waals surface area (Å²) in [4.78, 5) is 59.7. The lowest BCUT2D eigenvalue weighted by molar-refractivity contribution is -0.145. The van der Waals surface area contributed by atoms with E-state index in [-0.39, 0.29) is 25.9 Å². The molecule has 0 saturated heterocycles. The minimum Gasteiger partial charge on any atom is -0.497 e. The SMILES string of the molecule is COc1ccc2c(OCC[C@@H]3C(=O)N[C@@H](C(=O)O)CCCCOc4cccc(c4)C[C@@H](NC(=O)OC(C)(C)C)C(=O)N3C)cc(-c3ccccc3)nc2c1. The molecule has 0 unspecified atom stereocenters. The first-order valence-corrected chi connectivity index (χ1v) is 18.0. The maximum atomic E-state index is 14.3. The zero-order valence-electron chi connectivity index (χ0n) is 31.3. The smallest absolute Gasteiger partial charge is 0.408 e. The van der Waals surface area contributed by atoms with Gasteiger partial charge in [-0.25, -0.2) is 14.6 Å². The van der Waals surface area contributed by atoms with Crippen LogP contribution in [0.25, 0.3) is 22.2 Å². The van der Waals surface area contributed by atoms with E-state index >= 15 is 0 Å². The number of nitrogens with one attached hydrogen (secondary N) is 2. The molecule has 1 aromatic heterocycles. The number of hydrogen-bond acceptors (Lipinski definition) is 9. The van der Waals surface area contributed by atoms with Gasteiger partial charge in [-0.1, -0.05) is 42.5 Å². The Morgan fingerprint density at radius 2 is 1.80 bits per heavy atom. The number of hydrogen-bond donors (Lipinski definition) is 3. The van der Waals surface area contributed by atoms with Gasteiger partial charge < -0.3 is 39.6 Å².